The SMILES string of the molecule is N#CC1C=C2N=CC=CN2N1. The lowest BCUT2D eigenvalue weighted by molar-refractivity contribution is 0.363. The maximum Gasteiger partial charge on any atom is 0.145 e. The molecule has 0 aromatic heterocycles. The summed E-state index contributed by atoms with van der Waals surface area (Å²) < 4.78 is 0. The lowest BCUT2D eigenvalue weighted by atomic mass is 10.3. The number of nitriles is 1. The Morgan fingerprint density at radius 1 is 1.73 bits per heavy atom. The number of allylic oxidation sites excluding steroid dienone is 1. The summed E-state index contributed by atoms with van der Waals surface area (Å²) in [5, 5.41) is 10.3. The maximum atomic E-state index is 8.55. The van der Waals surface area contributed by atoms with Crippen molar-refractivity contribution >= 4 is 6.21 Å². The number of fused-ring (bicyclic) bond motifs is 1. The van der Waals surface area contributed by atoms with E-state index in [1.165, 1.54) is 0 Å². The monoisotopic (exact) mass is 146 g/mol. The number of rotatable bonds is 0. The van der Waals surface area contributed by atoms with Crippen LogP contribution in [0.3, 0.4) is 0 Å². The van der Waals surface area contributed by atoms with Gasteiger partial charge in [-0.1, -0.05) is 0 Å². The fourth-order valence-electron chi connectivity index (χ4n) is 1.02. The van der Waals surface area contributed by atoms with Crippen LogP contribution in [0.1, 0.15) is 0 Å². The minimum atomic E-state index is -0.245. The first-order valence-electron chi connectivity index (χ1n) is 3.28. The molecule has 0 aromatic rings. The fraction of sp³-hybridized carbons (Fsp3) is 0.143. The van der Waals surface area contributed by atoms with Crippen molar-refractivity contribution in [1.29, 1.82) is 5.26 Å². The molecule has 1 unspecified atom stereocenters. The average Bonchev–Trinajstić information content (AvgIpc) is 2.46. The number of nitrogens with one attached hydrogen (secondary N) is 1. The molecule has 1 N–H and O–H groups in total. The van der Waals surface area contributed by atoms with E-state index in [0.717, 1.165) is 5.82 Å². The molecular formula is C7H6N4. The second kappa shape index (κ2) is 2.22. The summed E-state index contributed by atoms with van der Waals surface area (Å²) in [6.07, 6.45) is 7.12. The smallest absolute Gasteiger partial charge is 0.145 e. The number of nitrogens with zero attached hydrogens (tertiary/aromatic N) is 3. The van der Waals surface area contributed by atoms with E-state index in [2.05, 4.69) is 16.5 Å². The molecule has 4 nitrogen and oxygen atoms in total. The third-order valence-corrected chi connectivity index (χ3v) is 1.51. The predicted octanol–water partition coefficient (Wildman–Crippen LogP) is 0.138. The highest BCUT2D eigenvalue weighted by Gasteiger charge is 2.20. The van der Waals surface area contributed by atoms with Gasteiger partial charge in [0, 0.05) is 12.4 Å². The Balaban J connectivity index is 2.27. The Bertz CT molecular complexity index is 294. The van der Waals surface area contributed by atoms with Gasteiger partial charge in [0.2, 0.25) is 0 Å². The molecule has 0 bridgehead atoms. The minimum absolute atomic E-state index is 0.245. The lowest BCUT2D eigenvalue weighted by Gasteiger charge is -2.16. The van der Waals surface area contributed by atoms with Crippen molar-refractivity contribution < 1.29 is 0 Å². The molecule has 0 spiro atoms. The molecule has 2 aliphatic rings. The third kappa shape index (κ3) is 0.914. The van der Waals surface area contributed by atoms with Gasteiger partial charge in [-0.15, -0.1) is 0 Å². The van der Waals surface area contributed by atoms with Crippen molar-refractivity contribution in [2.75, 3.05) is 0 Å². The van der Waals surface area contributed by atoms with Crippen molar-refractivity contribution in [2.24, 2.45) is 4.99 Å². The van der Waals surface area contributed by atoms with Crippen LogP contribution in [0.25, 0.3) is 0 Å². The largest absolute Gasteiger partial charge is 0.266 e. The number of hydrogen-bond donors (Lipinski definition) is 1. The van der Waals surface area contributed by atoms with Gasteiger partial charge in [-0.2, -0.15) is 5.26 Å². The molecule has 2 heterocycles. The van der Waals surface area contributed by atoms with E-state index < -0.39 is 0 Å². The summed E-state index contributed by atoms with van der Waals surface area (Å²) in [5.74, 6) is 0.791. The van der Waals surface area contributed by atoms with Crippen LogP contribution in [-0.2, 0) is 0 Å². The predicted molar refractivity (Wildman–Crippen MR) is 40.1 cm³/mol. The molecule has 0 saturated carbocycles. The van der Waals surface area contributed by atoms with Crippen LogP contribution in [0.15, 0.2) is 29.2 Å². The van der Waals surface area contributed by atoms with Crippen LogP contribution in [0.5, 0.6) is 0 Å². The number of hydrogen-bond acceptors (Lipinski definition) is 4. The topological polar surface area (TPSA) is 51.4 Å². The second-order valence-corrected chi connectivity index (χ2v) is 2.25. The van der Waals surface area contributed by atoms with Crippen molar-refractivity contribution in [3.05, 3.63) is 24.2 Å². The number of hydrazine groups is 1. The van der Waals surface area contributed by atoms with Gasteiger partial charge in [0.05, 0.1) is 6.07 Å². The molecule has 0 fully saturated rings. The molecule has 0 amide bonds. The van der Waals surface area contributed by atoms with E-state index in [9.17, 15) is 0 Å². The van der Waals surface area contributed by atoms with Gasteiger partial charge < -0.3 is 0 Å². The molecule has 0 saturated heterocycles. The van der Waals surface area contributed by atoms with E-state index in [1.54, 1.807) is 17.3 Å². The van der Waals surface area contributed by atoms with E-state index >= 15 is 0 Å². The van der Waals surface area contributed by atoms with Crippen LogP contribution < -0.4 is 5.43 Å². The summed E-state index contributed by atoms with van der Waals surface area (Å²) in [6, 6.07) is 1.84. The van der Waals surface area contributed by atoms with Crippen molar-refractivity contribution in [1.82, 2.24) is 10.4 Å². The van der Waals surface area contributed by atoms with Crippen LogP contribution in [0.2, 0.25) is 0 Å². The zero-order valence-corrected chi connectivity index (χ0v) is 5.73. The minimum Gasteiger partial charge on any atom is -0.266 e. The summed E-state index contributed by atoms with van der Waals surface area (Å²) in [4.78, 5) is 4.05. The highest BCUT2D eigenvalue weighted by atomic mass is 15.6. The molecule has 11 heavy (non-hydrogen) atoms. The van der Waals surface area contributed by atoms with Gasteiger partial charge in [0.25, 0.3) is 0 Å². The second-order valence-electron chi connectivity index (χ2n) is 2.25. The normalized spacial score (nSPS) is 26.3. The van der Waals surface area contributed by atoms with Crippen molar-refractivity contribution in [3.63, 3.8) is 0 Å². The Morgan fingerprint density at radius 2 is 2.64 bits per heavy atom. The third-order valence-electron chi connectivity index (χ3n) is 1.51. The summed E-state index contributed by atoms with van der Waals surface area (Å²) in [5.41, 5.74) is 2.92. The average molecular weight is 146 g/mol. The Hall–Kier alpha value is -1.60. The molecule has 2 rings (SSSR count). The van der Waals surface area contributed by atoms with Gasteiger partial charge in [0.15, 0.2) is 0 Å². The zero-order valence-electron chi connectivity index (χ0n) is 5.73. The van der Waals surface area contributed by atoms with Gasteiger partial charge >= 0.3 is 0 Å². The van der Waals surface area contributed by atoms with Crippen LogP contribution >= 0.6 is 0 Å². The van der Waals surface area contributed by atoms with E-state index in [4.69, 9.17) is 5.26 Å². The van der Waals surface area contributed by atoms with Gasteiger partial charge in [-0.25, -0.2) is 10.4 Å². The van der Waals surface area contributed by atoms with Crippen LogP contribution in [0.4, 0.5) is 0 Å². The van der Waals surface area contributed by atoms with E-state index in [0.29, 0.717) is 0 Å². The van der Waals surface area contributed by atoms with Crippen LogP contribution in [0, 0.1) is 11.3 Å². The molecule has 0 aromatic carbocycles. The van der Waals surface area contributed by atoms with Crippen molar-refractivity contribution in [2.45, 2.75) is 6.04 Å². The quantitative estimate of drug-likeness (QED) is 0.528. The maximum absolute atomic E-state index is 8.55. The molecular weight excluding hydrogens is 140 g/mol. The molecule has 4 heteroatoms. The molecule has 2 aliphatic heterocycles. The summed E-state index contributed by atoms with van der Waals surface area (Å²) in [7, 11) is 0. The first kappa shape index (κ1) is 6.13. The Kier molecular flexibility index (Phi) is 1.24. The molecule has 0 aliphatic carbocycles. The molecule has 54 valence electrons. The zero-order chi connectivity index (χ0) is 7.68. The molecule has 0 radical (unpaired) electrons. The highest BCUT2D eigenvalue weighted by Crippen LogP contribution is 2.14. The van der Waals surface area contributed by atoms with E-state index in [1.807, 2.05) is 12.3 Å². The highest BCUT2D eigenvalue weighted by molar-refractivity contribution is 5.73. The van der Waals surface area contributed by atoms with E-state index in [-0.39, 0.29) is 6.04 Å². The molecule has 1 atom stereocenters. The first-order chi connectivity index (χ1) is 5.40. The first-order valence-corrected chi connectivity index (χ1v) is 3.28. The standard InChI is InChI=1S/C7H6N4/c8-5-6-4-7-9-2-1-3-11(7)10-6/h1-4,6,10H. The Labute approximate surface area is 64.1 Å². The fourth-order valence-corrected chi connectivity index (χ4v) is 1.02. The summed E-state index contributed by atoms with van der Waals surface area (Å²) >= 11 is 0. The van der Waals surface area contributed by atoms with Crippen LogP contribution in [-0.4, -0.2) is 17.3 Å². The van der Waals surface area contributed by atoms with Crippen molar-refractivity contribution in [3.8, 4) is 6.07 Å². The van der Waals surface area contributed by atoms with Gasteiger partial charge in [-0.3, -0.25) is 5.01 Å². The lowest BCUT2D eigenvalue weighted by Crippen LogP contribution is -2.32. The number of aliphatic imine (C=N–C) groups is 1. The van der Waals surface area contributed by atoms with Gasteiger partial charge in [-0.05, 0) is 12.2 Å². The Morgan fingerprint density at radius 3 is 3.36 bits per heavy atom. The summed E-state index contributed by atoms with van der Waals surface area (Å²) in [6.45, 7) is 0. The van der Waals surface area contributed by atoms with Gasteiger partial charge in [0.1, 0.15) is 11.9 Å².